The summed E-state index contributed by atoms with van der Waals surface area (Å²) in [4.78, 5) is 0.258. The van der Waals surface area contributed by atoms with E-state index < -0.39 is 10.0 Å². The molecule has 4 nitrogen and oxygen atoms in total. The first-order chi connectivity index (χ1) is 9.68. The van der Waals surface area contributed by atoms with Crippen molar-refractivity contribution in [1.82, 2.24) is 4.31 Å². The second-order valence-corrected chi connectivity index (χ2v) is 8.41. The molecule has 0 heterocycles. The average Bonchev–Trinajstić information content (AvgIpc) is 2.37. The van der Waals surface area contributed by atoms with Gasteiger partial charge in [-0.1, -0.05) is 39.3 Å². The third-order valence-corrected chi connectivity index (χ3v) is 5.21. The molecule has 1 aromatic rings. The average molecular weight is 333 g/mol. The summed E-state index contributed by atoms with van der Waals surface area (Å²) in [5.41, 5.74) is 6.25. The van der Waals surface area contributed by atoms with E-state index in [0.717, 1.165) is 0 Å². The lowest BCUT2D eigenvalue weighted by molar-refractivity contribution is 0.333. The highest BCUT2D eigenvalue weighted by molar-refractivity contribution is 7.89. The first kappa shape index (κ1) is 18.4. The van der Waals surface area contributed by atoms with Crippen LogP contribution < -0.4 is 5.73 Å². The van der Waals surface area contributed by atoms with Crippen LogP contribution in [-0.4, -0.2) is 25.8 Å². The van der Waals surface area contributed by atoms with Crippen LogP contribution >= 0.6 is 11.6 Å². The number of halogens is 1. The summed E-state index contributed by atoms with van der Waals surface area (Å²) in [7, 11) is -3.52. The van der Waals surface area contributed by atoms with E-state index in [1.165, 1.54) is 0 Å². The van der Waals surface area contributed by atoms with Crippen LogP contribution in [0.15, 0.2) is 23.1 Å². The standard InChI is InChI=1S/C15H25ClN2O2S/c1-11(2)9-18(10-12(3)4)21(19,20)14-5-6-15(16)13(7-14)8-17/h5-7,11-12H,8-10,17H2,1-4H3. The van der Waals surface area contributed by atoms with Crippen molar-refractivity contribution in [1.29, 1.82) is 0 Å². The van der Waals surface area contributed by atoms with Crippen LogP contribution in [0.3, 0.4) is 0 Å². The quantitative estimate of drug-likeness (QED) is 0.834. The van der Waals surface area contributed by atoms with Gasteiger partial charge in [-0.3, -0.25) is 0 Å². The van der Waals surface area contributed by atoms with Gasteiger partial charge in [-0.25, -0.2) is 8.42 Å². The van der Waals surface area contributed by atoms with Crippen LogP contribution in [0, 0.1) is 11.8 Å². The topological polar surface area (TPSA) is 63.4 Å². The number of nitrogens with zero attached hydrogens (tertiary/aromatic N) is 1. The summed E-state index contributed by atoms with van der Waals surface area (Å²) in [6, 6.07) is 4.72. The summed E-state index contributed by atoms with van der Waals surface area (Å²) in [6.45, 7) is 9.26. The van der Waals surface area contributed by atoms with Gasteiger partial charge in [0.05, 0.1) is 4.90 Å². The minimum atomic E-state index is -3.52. The van der Waals surface area contributed by atoms with Gasteiger partial charge in [0, 0.05) is 24.7 Å². The maximum atomic E-state index is 12.8. The Kier molecular flexibility index (Phi) is 6.66. The third kappa shape index (κ3) is 4.95. The number of rotatable bonds is 7. The van der Waals surface area contributed by atoms with E-state index >= 15 is 0 Å². The third-order valence-electron chi connectivity index (χ3n) is 3.01. The van der Waals surface area contributed by atoms with Gasteiger partial charge in [0.1, 0.15) is 0 Å². The van der Waals surface area contributed by atoms with Crippen LogP contribution in [0.2, 0.25) is 5.02 Å². The van der Waals surface area contributed by atoms with Crippen molar-refractivity contribution in [3.63, 3.8) is 0 Å². The molecule has 120 valence electrons. The van der Waals surface area contributed by atoms with E-state index in [0.29, 0.717) is 23.7 Å². The van der Waals surface area contributed by atoms with E-state index in [-0.39, 0.29) is 23.3 Å². The van der Waals surface area contributed by atoms with Gasteiger partial charge in [0.25, 0.3) is 0 Å². The van der Waals surface area contributed by atoms with Gasteiger partial charge in [0.15, 0.2) is 0 Å². The summed E-state index contributed by atoms with van der Waals surface area (Å²) >= 11 is 6.01. The van der Waals surface area contributed by atoms with Gasteiger partial charge >= 0.3 is 0 Å². The lowest BCUT2D eigenvalue weighted by atomic mass is 10.2. The molecule has 0 aliphatic heterocycles. The maximum absolute atomic E-state index is 12.8. The predicted octanol–water partition coefficient (Wildman–Crippen LogP) is 3.10. The number of sulfonamides is 1. The second-order valence-electron chi connectivity index (χ2n) is 6.07. The lowest BCUT2D eigenvalue weighted by Crippen LogP contribution is -2.37. The molecular weight excluding hydrogens is 308 g/mol. The van der Waals surface area contributed by atoms with Crippen molar-refractivity contribution in [2.24, 2.45) is 17.6 Å². The fourth-order valence-electron chi connectivity index (χ4n) is 2.10. The minimum absolute atomic E-state index is 0.219. The molecule has 0 fully saturated rings. The molecule has 0 spiro atoms. The molecule has 0 unspecified atom stereocenters. The molecule has 2 N–H and O–H groups in total. The van der Waals surface area contributed by atoms with Gasteiger partial charge in [-0.05, 0) is 35.6 Å². The summed E-state index contributed by atoms with van der Waals surface area (Å²) in [5, 5.41) is 0.496. The molecular formula is C15H25ClN2O2S. The van der Waals surface area contributed by atoms with Crippen molar-refractivity contribution in [2.75, 3.05) is 13.1 Å². The molecule has 1 rings (SSSR count). The van der Waals surface area contributed by atoms with Gasteiger partial charge in [0.2, 0.25) is 10.0 Å². The largest absolute Gasteiger partial charge is 0.326 e. The first-order valence-corrected chi connectivity index (χ1v) is 8.99. The molecule has 6 heteroatoms. The normalized spacial score (nSPS) is 12.6. The van der Waals surface area contributed by atoms with Crippen LogP contribution in [0.25, 0.3) is 0 Å². The number of hydrogen-bond donors (Lipinski definition) is 1. The molecule has 0 atom stereocenters. The molecule has 0 bridgehead atoms. The Bertz CT molecular complexity index is 561. The Morgan fingerprint density at radius 3 is 2.10 bits per heavy atom. The van der Waals surface area contributed by atoms with Gasteiger partial charge in [-0.2, -0.15) is 4.31 Å². The highest BCUT2D eigenvalue weighted by Gasteiger charge is 2.26. The van der Waals surface area contributed by atoms with Crippen LogP contribution in [0.1, 0.15) is 33.3 Å². The minimum Gasteiger partial charge on any atom is -0.326 e. The zero-order valence-corrected chi connectivity index (χ0v) is 14.7. The Balaban J connectivity index is 3.21. The van der Waals surface area contributed by atoms with Crippen molar-refractivity contribution in [3.8, 4) is 0 Å². The number of benzene rings is 1. The molecule has 0 aliphatic rings. The number of hydrogen-bond acceptors (Lipinski definition) is 3. The fraction of sp³-hybridized carbons (Fsp3) is 0.600. The Morgan fingerprint density at radius 1 is 1.14 bits per heavy atom. The molecule has 21 heavy (non-hydrogen) atoms. The molecule has 0 amide bonds. The van der Waals surface area contributed by atoms with Gasteiger partial charge < -0.3 is 5.73 Å². The van der Waals surface area contributed by atoms with Crippen molar-refractivity contribution >= 4 is 21.6 Å². The van der Waals surface area contributed by atoms with E-state index in [9.17, 15) is 8.42 Å². The van der Waals surface area contributed by atoms with Crippen molar-refractivity contribution in [2.45, 2.75) is 39.1 Å². The van der Waals surface area contributed by atoms with Crippen LogP contribution in [0.4, 0.5) is 0 Å². The molecule has 0 aromatic heterocycles. The van der Waals surface area contributed by atoms with Crippen LogP contribution in [-0.2, 0) is 16.6 Å². The highest BCUT2D eigenvalue weighted by Crippen LogP contribution is 2.24. The Labute approximate surface area is 133 Å². The monoisotopic (exact) mass is 332 g/mol. The Hall–Kier alpha value is -0.620. The SMILES string of the molecule is CC(C)CN(CC(C)C)S(=O)(=O)c1ccc(Cl)c(CN)c1. The first-order valence-electron chi connectivity index (χ1n) is 7.17. The lowest BCUT2D eigenvalue weighted by Gasteiger charge is -2.26. The van der Waals surface area contributed by atoms with Crippen LogP contribution in [0.5, 0.6) is 0 Å². The summed E-state index contributed by atoms with van der Waals surface area (Å²) < 4.78 is 27.2. The van der Waals surface area contributed by atoms with Crippen molar-refractivity contribution < 1.29 is 8.42 Å². The van der Waals surface area contributed by atoms with E-state index in [4.69, 9.17) is 17.3 Å². The van der Waals surface area contributed by atoms with E-state index in [1.54, 1.807) is 22.5 Å². The zero-order chi connectivity index (χ0) is 16.2. The number of nitrogens with two attached hydrogens (primary N) is 1. The molecule has 0 saturated heterocycles. The van der Waals surface area contributed by atoms with Crippen molar-refractivity contribution in [3.05, 3.63) is 28.8 Å². The maximum Gasteiger partial charge on any atom is 0.243 e. The van der Waals surface area contributed by atoms with E-state index in [1.807, 2.05) is 27.7 Å². The molecule has 0 aliphatic carbocycles. The second kappa shape index (κ2) is 7.58. The summed E-state index contributed by atoms with van der Waals surface area (Å²) in [6.07, 6.45) is 0. The molecule has 1 aromatic carbocycles. The molecule has 0 saturated carbocycles. The fourth-order valence-corrected chi connectivity index (χ4v) is 4.12. The highest BCUT2D eigenvalue weighted by atomic mass is 35.5. The predicted molar refractivity (Wildman–Crippen MR) is 87.8 cm³/mol. The Morgan fingerprint density at radius 2 is 1.67 bits per heavy atom. The molecule has 0 radical (unpaired) electrons. The smallest absolute Gasteiger partial charge is 0.243 e. The van der Waals surface area contributed by atoms with E-state index in [2.05, 4.69) is 0 Å². The summed E-state index contributed by atoms with van der Waals surface area (Å²) in [5.74, 6) is 0.527. The van der Waals surface area contributed by atoms with Gasteiger partial charge in [-0.15, -0.1) is 0 Å². The zero-order valence-electron chi connectivity index (χ0n) is 13.1.